The number of ether oxygens (including phenoxy) is 1. The Morgan fingerprint density at radius 1 is 0.311 bits per heavy atom. The van der Waals surface area contributed by atoms with Gasteiger partial charge in [0.05, 0.1) is 23.7 Å². The highest BCUT2D eigenvalue weighted by molar-refractivity contribution is 5.90. The van der Waals surface area contributed by atoms with Crippen molar-refractivity contribution in [1.82, 2.24) is 10.6 Å². The molecule has 9 aromatic carbocycles. The van der Waals surface area contributed by atoms with Gasteiger partial charge in [0.25, 0.3) is 0 Å². The van der Waals surface area contributed by atoms with Gasteiger partial charge >= 0.3 is 0 Å². The molecule has 1 aliphatic carbocycles. The Bertz CT molecular complexity index is 3050. The van der Waals surface area contributed by atoms with Gasteiger partial charge in [-0.1, -0.05) is 188 Å². The Kier molecular flexibility index (Phi) is 8.45. The third-order valence-electron chi connectivity index (χ3n) is 13.1. The fraction of sp³-hybridized carbons (Fsp3) is 0.0690. The van der Waals surface area contributed by atoms with E-state index in [1.54, 1.807) is 0 Å². The quantitative estimate of drug-likeness (QED) is 0.176. The molecule has 3 aliphatic rings. The van der Waals surface area contributed by atoms with Gasteiger partial charge in [-0.25, -0.2) is 0 Å². The van der Waals surface area contributed by atoms with E-state index in [-0.39, 0.29) is 18.2 Å². The van der Waals surface area contributed by atoms with Crippen LogP contribution in [0.2, 0.25) is 0 Å². The van der Waals surface area contributed by atoms with Crippen molar-refractivity contribution in [2.75, 3.05) is 0 Å². The van der Waals surface area contributed by atoms with Crippen molar-refractivity contribution < 1.29 is 4.74 Å². The lowest BCUT2D eigenvalue weighted by Crippen LogP contribution is -2.32. The van der Waals surface area contributed by atoms with Crippen LogP contribution in [-0.2, 0) is 5.41 Å². The normalized spacial score (nSPS) is 17.8. The molecule has 2 N–H and O–H groups in total. The molecule has 0 saturated carbocycles. The first-order valence-corrected chi connectivity index (χ1v) is 21.3. The Hall–Kier alpha value is -7.30. The van der Waals surface area contributed by atoms with Crippen molar-refractivity contribution in [3.63, 3.8) is 0 Å². The van der Waals surface area contributed by atoms with Crippen molar-refractivity contribution >= 4 is 0 Å². The monoisotopic (exact) mass is 782 g/mol. The van der Waals surface area contributed by atoms with Crippen LogP contribution in [0, 0.1) is 0 Å². The van der Waals surface area contributed by atoms with Crippen LogP contribution in [0.15, 0.2) is 224 Å². The minimum Gasteiger partial charge on any atom is -0.457 e. The zero-order valence-electron chi connectivity index (χ0n) is 33.5. The van der Waals surface area contributed by atoms with Crippen LogP contribution >= 0.6 is 0 Å². The fourth-order valence-corrected chi connectivity index (χ4v) is 10.4. The molecule has 2 heterocycles. The summed E-state index contributed by atoms with van der Waals surface area (Å²) in [4.78, 5) is 0. The van der Waals surface area contributed by atoms with Gasteiger partial charge in [-0.3, -0.25) is 10.6 Å². The number of para-hydroxylation sites is 2. The molecule has 12 rings (SSSR count). The summed E-state index contributed by atoms with van der Waals surface area (Å²) in [5, 5.41) is 7.85. The molecule has 61 heavy (non-hydrogen) atoms. The second-order valence-corrected chi connectivity index (χ2v) is 16.5. The molecule has 0 aromatic heterocycles. The highest BCUT2D eigenvalue weighted by Gasteiger charge is 2.51. The van der Waals surface area contributed by atoms with Gasteiger partial charge in [0.2, 0.25) is 0 Å². The van der Waals surface area contributed by atoms with Gasteiger partial charge in [0.1, 0.15) is 11.5 Å². The smallest absolute Gasteiger partial charge is 0.132 e. The molecule has 1 saturated heterocycles. The van der Waals surface area contributed by atoms with E-state index < -0.39 is 5.41 Å². The standard InChI is InChI=1S/C58H42N2O/c1-3-16-38(17-4-1)55-56(60-57(59-55)39-18-5-2-6-19-39)46-25-15-24-44(36-46)42-22-13-20-40(34-42)41-21-14-23-43(35-41)45-32-33-48-47-26-7-8-27-49(47)58(52(48)37-45)50-28-9-11-30-53(50)61-54-31-12-10-29-51(54)58/h1-37,55-57,59-60H/t55?,56-,57?/m0/s1. The lowest BCUT2D eigenvalue weighted by molar-refractivity contribution is 0.436. The van der Waals surface area contributed by atoms with Crippen LogP contribution in [-0.4, -0.2) is 0 Å². The summed E-state index contributed by atoms with van der Waals surface area (Å²) in [6.07, 6.45) is 0.0468. The summed E-state index contributed by atoms with van der Waals surface area (Å²) in [7, 11) is 0. The number of fused-ring (bicyclic) bond motifs is 9. The van der Waals surface area contributed by atoms with E-state index in [9.17, 15) is 0 Å². The molecular formula is C58H42N2O. The van der Waals surface area contributed by atoms with Gasteiger partial charge in [0.15, 0.2) is 0 Å². The number of rotatable bonds is 6. The second kappa shape index (κ2) is 14.5. The van der Waals surface area contributed by atoms with Gasteiger partial charge < -0.3 is 4.74 Å². The first kappa shape index (κ1) is 35.6. The molecule has 2 aliphatic heterocycles. The van der Waals surface area contributed by atoms with Crippen LogP contribution in [0.25, 0.3) is 44.5 Å². The van der Waals surface area contributed by atoms with Crippen molar-refractivity contribution in [3.05, 3.63) is 263 Å². The SMILES string of the molecule is c1ccc(C2NC(c3ccccc3)[C@H](c3cccc(-c4cccc(-c5cccc(-c6ccc7c(c6)C6(c8ccccc8Oc8ccccc86)c6ccccc6-7)c5)c4)c3)N2)cc1. The van der Waals surface area contributed by atoms with Crippen LogP contribution < -0.4 is 15.4 Å². The van der Waals surface area contributed by atoms with Crippen LogP contribution in [0.5, 0.6) is 11.5 Å². The third-order valence-corrected chi connectivity index (χ3v) is 13.1. The van der Waals surface area contributed by atoms with Gasteiger partial charge in [-0.2, -0.15) is 0 Å². The highest BCUT2D eigenvalue weighted by atomic mass is 16.5. The number of nitrogens with one attached hydrogen (secondary N) is 2. The maximum absolute atomic E-state index is 6.59. The Morgan fingerprint density at radius 3 is 1.38 bits per heavy atom. The van der Waals surface area contributed by atoms with E-state index in [2.05, 4.69) is 235 Å². The Balaban J connectivity index is 0.908. The molecular weight excluding hydrogens is 741 g/mol. The lowest BCUT2D eigenvalue weighted by atomic mass is 9.66. The van der Waals surface area contributed by atoms with E-state index in [4.69, 9.17) is 4.74 Å². The molecule has 290 valence electrons. The van der Waals surface area contributed by atoms with E-state index in [0.29, 0.717) is 0 Å². The summed E-state index contributed by atoms with van der Waals surface area (Å²) in [6, 6.07) is 81.9. The molecule has 1 spiro atoms. The lowest BCUT2D eigenvalue weighted by Gasteiger charge is -2.39. The predicted molar refractivity (Wildman–Crippen MR) is 248 cm³/mol. The molecule has 9 aromatic rings. The largest absolute Gasteiger partial charge is 0.457 e. The maximum atomic E-state index is 6.59. The first-order valence-electron chi connectivity index (χ1n) is 21.3. The topological polar surface area (TPSA) is 33.3 Å². The van der Waals surface area contributed by atoms with Gasteiger partial charge in [0, 0.05) is 11.1 Å². The van der Waals surface area contributed by atoms with Gasteiger partial charge in [-0.05, 0) is 109 Å². The van der Waals surface area contributed by atoms with E-state index >= 15 is 0 Å². The third kappa shape index (κ3) is 5.81. The summed E-state index contributed by atoms with van der Waals surface area (Å²) in [5.74, 6) is 1.82. The fourth-order valence-electron chi connectivity index (χ4n) is 10.4. The summed E-state index contributed by atoms with van der Waals surface area (Å²) in [6.45, 7) is 0. The van der Waals surface area contributed by atoms with Gasteiger partial charge in [-0.15, -0.1) is 0 Å². The molecule has 0 amide bonds. The molecule has 1 fully saturated rings. The Labute approximate surface area is 357 Å². The molecule has 0 bridgehead atoms. The molecule has 0 radical (unpaired) electrons. The number of hydrogen-bond donors (Lipinski definition) is 2. The maximum Gasteiger partial charge on any atom is 0.132 e. The van der Waals surface area contributed by atoms with Crippen molar-refractivity contribution in [2.45, 2.75) is 23.7 Å². The Morgan fingerprint density at radius 2 is 0.754 bits per heavy atom. The van der Waals surface area contributed by atoms with E-state index in [0.717, 1.165) is 11.5 Å². The summed E-state index contributed by atoms with van der Waals surface area (Å²) < 4.78 is 6.59. The zero-order valence-corrected chi connectivity index (χ0v) is 33.5. The summed E-state index contributed by atoms with van der Waals surface area (Å²) >= 11 is 0. The van der Waals surface area contributed by atoms with Crippen molar-refractivity contribution in [1.29, 1.82) is 0 Å². The van der Waals surface area contributed by atoms with E-state index in [1.165, 1.54) is 83.5 Å². The predicted octanol–water partition coefficient (Wildman–Crippen LogP) is 13.8. The molecule has 2 unspecified atom stereocenters. The minimum absolute atomic E-state index is 0.0468. The average Bonchev–Trinajstić information content (AvgIpc) is 3.91. The van der Waals surface area contributed by atoms with E-state index in [1.807, 2.05) is 0 Å². The highest BCUT2D eigenvalue weighted by Crippen LogP contribution is 2.62. The summed E-state index contributed by atoms with van der Waals surface area (Å²) in [5.41, 5.74) is 17.9. The average molecular weight is 783 g/mol. The van der Waals surface area contributed by atoms with Crippen molar-refractivity contribution in [3.8, 4) is 56.0 Å². The number of hydrogen-bond acceptors (Lipinski definition) is 3. The second-order valence-electron chi connectivity index (χ2n) is 16.5. The van der Waals surface area contributed by atoms with Crippen molar-refractivity contribution in [2.24, 2.45) is 0 Å². The first-order chi connectivity index (χ1) is 30.2. The van der Waals surface area contributed by atoms with Crippen LogP contribution in [0.3, 0.4) is 0 Å². The molecule has 3 nitrogen and oxygen atoms in total. The van der Waals surface area contributed by atoms with Crippen LogP contribution in [0.4, 0.5) is 0 Å². The molecule has 3 heteroatoms. The zero-order chi connectivity index (χ0) is 40.3. The molecule has 3 atom stereocenters. The minimum atomic E-state index is -0.499. The number of benzene rings is 9. The van der Waals surface area contributed by atoms with Crippen LogP contribution in [0.1, 0.15) is 57.2 Å².